The summed E-state index contributed by atoms with van der Waals surface area (Å²) < 4.78 is 4.93. The van der Waals surface area contributed by atoms with Gasteiger partial charge in [-0.3, -0.25) is 14.5 Å². The summed E-state index contributed by atoms with van der Waals surface area (Å²) in [7, 11) is 0. The van der Waals surface area contributed by atoms with Crippen molar-refractivity contribution >= 4 is 17.6 Å². The largest absolute Gasteiger partial charge is 0.508 e. The van der Waals surface area contributed by atoms with Crippen molar-refractivity contribution in [1.29, 1.82) is 0 Å². The van der Waals surface area contributed by atoms with Gasteiger partial charge in [0.2, 0.25) is 5.91 Å². The first-order valence-electron chi connectivity index (χ1n) is 14.1. The van der Waals surface area contributed by atoms with E-state index in [1.54, 1.807) is 6.92 Å². The van der Waals surface area contributed by atoms with Gasteiger partial charge in [-0.1, -0.05) is 37.1 Å². The number of nitrogens with zero attached hydrogens (tertiary/aromatic N) is 1. The molecule has 5 rings (SSSR count). The Bertz CT molecular complexity index is 1130. The van der Waals surface area contributed by atoms with Gasteiger partial charge in [0.15, 0.2) is 0 Å². The second-order valence-corrected chi connectivity index (χ2v) is 11.0. The SMILES string of the molecule is CCOC(=O)CCC(=O)Nc1ccccc1CCCN1CC[C@]23CCCC[C@H]2[C@H]1Cc1ccc(O)cc13. The van der Waals surface area contributed by atoms with Gasteiger partial charge < -0.3 is 15.2 Å². The highest BCUT2D eigenvalue weighted by Crippen LogP contribution is 2.56. The highest BCUT2D eigenvalue weighted by Gasteiger charge is 2.53. The second kappa shape index (κ2) is 11.3. The third-order valence-corrected chi connectivity index (χ3v) is 8.98. The lowest BCUT2D eigenvalue weighted by Gasteiger charge is -2.59. The summed E-state index contributed by atoms with van der Waals surface area (Å²) in [6, 6.07) is 14.7. The Labute approximate surface area is 220 Å². The van der Waals surface area contributed by atoms with E-state index in [-0.39, 0.29) is 30.1 Å². The molecule has 0 aromatic heterocycles. The van der Waals surface area contributed by atoms with Crippen molar-refractivity contribution in [2.24, 2.45) is 5.92 Å². The molecule has 0 radical (unpaired) electrons. The minimum Gasteiger partial charge on any atom is -0.508 e. The summed E-state index contributed by atoms with van der Waals surface area (Å²) in [5.41, 5.74) is 5.09. The molecule has 2 N–H and O–H groups in total. The van der Waals surface area contributed by atoms with Gasteiger partial charge in [0, 0.05) is 23.6 Å². The predicted molar refractivity (Wildman–Crippen MR) is 145 cm³/mol. The van der Waals surface area contributed by atoms with Crippen LogP contribution in [0.15, 0.2) is 42.5 Å². The number of piperidine rings is 1. The van der Waals surface area contributed by atoms with Crippen LogP contribution < -0.4 is 5.32 Å². The molecule has 2 aromatic rings. The van der Waals surface area contributed by atoms with Gasteiger partial charge in [-0.25, -0.2) is 0 Å². The summed E-state index contributed by atoms with van der Waals surface area (Å²) in [6.45, 7) is 4.26. The fraction of sp³-hybridized carbons (Fsp3) is 0.548. The molecule has 2 fully saturated rings. The summed E-state index contributed by atoms with van der Waals surface area (Å²) >= 11 is 0. The fourth-order valence-corrected chi connectivity index (χ4v) is 7.34. The molecule has 2 aromatic carbocycles. The molecule has 1 saturated heterocycles. The molecular formula is C31H40N2O4. The van der Waals surface area contributed by atoms with E-state index in [9.17, 15) is 14.7 Å². The number of aryl methyl sites for hydroxylation is 1. The van der Waals surface area contributed by atoms with Crippen molar-refractivity contribution in [3.63, 3.8) is 0 Å². The van der Waals surface area contributed by atoms with E-state index < -0.39 is 0 Å². The van der Waals surface area contributed by atoms with Gasteiger partial charge in [-0.05, 0) is 99.3 Å². The number of esters is 1. The third-order valence-electron chi connectivity index (χ3n) is 8.98. The first-order chi connectivity index (χ1) is 18.0. The van der Waals surface area contributed by atoms with Crippen LogP contribution in [0.25, 0.3) is 0 Å². The van der Waals surface area contributed by atoms with E-state index in [2.05, 4.69) is 28.4 Å². The zero-order valence-corrected chi connectivity index (χ0v) is 22.0. The average molecular weight is 505 g/mol. The lowest BCUT2D eigenvalue weighted by Crippen LogP contribution is -2.61. The number of aromatic hydroxyl groups is 1. The van der Waals surface area contributed by atoms with E-state index in [1.165, 1.54) is 43.2 Å². The Morgan fingerprint density at radius 1 is 1.14 bits per heavy atom. The summed E-state index contributed by atoms with van der Waals surface area (Å²) in [6.07, 6.45) is 9.57. The zero-order valence-electron chi connectivity index (χ0n) is 22.0. The van der Waals surface area contributed by atoms with E-state index in [0.29, 0.717) is 24.3 Å². The number of carbonyl (C=O) groups is 2. The molecule has 6 heteroatoms. The van der Waals surface area contributed by atoms with Gasteiger partial charge in [-0.2, -0.15) is 0 Å². The topological polar surface area (TPSA) is 78.9 Å². The van der Waals surface area contributed by atoms with Crippen LogP contribution in [-0.4, -0.2) is 47.6 Å². The van der Waals surface area contributed by atoms with Crippen LogP contribution in [0.3, 0.4) is 0 Å². The van der Waals surface area contributed by atoms with E-state index in [0.717, 1.165) is 43.6 Å². The molecular weight excluding hydrogens is 464 g/mol. The van der Waals surface area contributed by atoms with Crippen LogP contribution >= 0.6 is 0 Å². The van der Waals surface area contributed by atoms with Crippen LogP contribution in [0.2, 0.25) is 0 Å². The average Bonchev–Trinajstić information content (AvgIpc) is 2.90. The first kappa shape index (κ1) is 25.8. The molecule has 1 heterocycles. The number of nitrogens with one attached hydrogen (secondary N) is 1. The predicted octanol–water partition coefficient (Wildman–Crippen LogP) is 5.37. The highest BCUT2D eigenvalue weighted by molar-refractivity contribution is 5.93. The van der Waals surface area contributed by atoms with Gasteiger partial charge in [-0.15, -0.1) is 0 Å². The molecule has 1 aliphatic heterocycles. The standard InChI is InChI=1S/C31H40N2O4/c1-2-37-30(36)15-14-29(35)32-27-11-4-3-8-22(27)9-7-18-33-19-17-31-16-6-5-10-25(31)28(33)20-23-12-13-24(34)21-26(23)31/h3-4,8,11-13,21,25,28,34H,2,5-7,9-10,14-20H2,1H3,(H,32,35)/t25-,28+,31+/m0/s1. The first-order valence-corrected chi connectivity index (χ1v) is 14.1. The number of benzene rings is 2. The number of likely N-dealkylation sites (tertiary alicyclic amines) is 1. The van der Waals surface area contributed by atoms with Crippen molar-refractivity contribution in [3.8, 4) is 5.75 Å². The maximum atomic E-state index is 12.4. The molecule has 2 aliphatic carbocycles. The molecule has 0 spiro atoms. The van der Waals surface area contributed by atoms with Gasteiger partial charge in [0.05, 0.1) is 13.0 Å². The Balaban J connectivity index is 1.21. The van der Waals surface area contributed by atoms with Crippen molar-refractivity contribution in [2.45, 2.75) is 82.6 Å². The lowest BCUT2D eigenvalue weighted by molar-refractivity contribution is -0.144. The van der Waals surface area contributed by atoms with Gasteiger partial charge in [0.1, 0.15) is 5.75 Å². The number of hydrogen-bond acceptors (Lipinski definition) is 5. The highest BCUT2D eigenvalue weighted by atomic mass is 16.5. The molecule has 0 unspecified atom stereocenters. The number of anilines is 1. The van der Waals surface area contributed by atoms with Crippen molar-refractivity contribution < 1.29 is 19.4 Å². The minimum absolute atomic E-state index is 0.101. The second-order valence-electron chi connectivity index (χ2n) is 11.0. The van der Waals surface area contributed by atoms with Gasteiger partial charge >= 0.3 is 5.97 Å². The number of fused-ring (bicyclic) bond motifs is 1. The zero-order chi connectivity index (χ0) is 25.8. The molecule has 1 amide bonds. The van der Waals surface area contributed by atoms with Crippen LogP contribution in [0.1, 0.15) is 75.0 Å². The van der Waals surface area contributed by atoms with E-state index in [4.69, 9.17) is 4.74 Å². The Morgan fingerprint density at radius 3 is 2.86 bits per heavy atom. The van der Waals surface area contributed by atoms with E-state index >= 15 is 0 Å². The summed E-state index contributed by atoms with van der Waals surface area (Å²) in [5.74, 6) is 0.592. The monoisotopic (exact) mass is 504 g/mol. The molecule has 198 valence electrons. The molecule has 2 bridgehead atoms. The van der Waals surface area contributed by atoms with Crippen molar-refractivity contribution in [1.82, 2.24) is 4.90 Å². The maximum Gasteiger partial charge on any atom is 0.306 e. The Kier molecular flexibility index (Phi) is 7.84. The quantitative estimate of drug-likeness (QED) is 0.449. The van der Waals surface area contributed by atoms with Crippen molar-refractivity contribution in [3.05, 3.63) is 59.2 Å². The van der Waals surface area contributed by atoms with Crippen LogP contribution in [0.5, 0.6) is 5.75 Å². The lowest BCUT2D eigenvalue weighted by atomic mass is 9.52. The number of amides is 1. The number of phenols is 1. The molecule has 3 atom stereocenters. The van der Waals surface area contributed by atoms with Gasteiger partial charge in [0.25, 0.3) is 0 Å². The van der Waals surface area contributed by atoms with Crippen LogP contribution in [-0.2, 0) is 32.6 Å². The summed E-state index contributed by atoms with van der Waals surface area (Å²) in [4.78, 5) is 26.7. The molecule has 3 aliphatic rings. The molecule has 37 heavy (non-hydrogen) atoms. The number of carbonyl (C=O) groups excluding carboxylic acids is 2. The van der Waals surface area contributed by atoms with Crippen LogP contribution in [0.4, 0.5) is 5.69 Å². The maximum absolute atomic E-state index is 12.4. The third kappa shape index (κ3) is 5.40. The fourth-order valence-electron chi connectivity index (χ4n) is 7.34. The normalized spacial score (nSPS) is 24.6. The van der Waals surface area contributed by atoms with Crippen LogP contribution in [0, 0.1) is 5.92 Å². The van der Waals surface area contributed by atoms with Crippen molar-refractivity contribution in [2.75, 3.05) is 25.0 Å². The number of rotatable bonds is 9. The smallest absolute Gasteiger partial charge is 0.306 e. The molecule has 6 nitrogen and oxygen atoms in total. The Hall–Kier alpha value is -2.86. The molecule has 1 saturated carbocycles. The number of hydrogen-bond donors (Lipinski definition) is 2. The number of phenolic OH excluding ortho intramolecular Hbond substituents is 1. The number of para-hydroxylation sites is 1. The summed E-state index contributed by atoms with van der Waals surface area (Å²) in [5, 5.41) is 13.2. The number of ether oxygens (including phenoxy) is 1. The minimum atomic E-state index is -0.336. The van der Waals surface area contributed by atoms with E-state index in [1.807, 2.05) is 24.3 Å². The Morgan fingerprint density at radius 2 is 2.00 bits per heavy atom.